The third-order valence-electron chi connectivity index (χ3n) is 0. The summed E-state index contributed by atoms with van der Waals surface area (Å²) in [6, 6.07) is 0. The Labute approximate surface area is 25.1 Å². The lowest BCUT2D eigenvalue weighted by molar-refractivity contribution is -0.122. The average Bonchev–Trinajstić information content (AvgIpc) is 0.918. The molecule has 0 aliphatic heterocycles. The first-order valence-corrected chi connectivity index (χ1v) is 0.494. The third-order valence-corrected chi connectivity index (χ3v) is 0. The molecule has 26 valence electrons. The van der Waals surface area contributed by atoms with E-state index in [1.54, 1.807) is 0 Å². The SMILES string of the molecule is O=CO.[9CH4]. The van der Waals surface area contributed by atoms with Gasteiger partial charge in [-0.05, 0) is 0 Å². The zero-order chi connectivity index (χ0) is 2.71. The summed E-state index contributed by atoms with van der Waals surface area (Å²) in [4.78, 5) is 8.36. The van der Waals surface area contributed by atoms with Crippen LogP contribution in [0.1, 0.15) is 7.43 Å². The molecule has 1 N–H and O–H groups in total. The fourth-order valence-corrected chi connectivity index (χ4v) is 0. The molecule has 0 unspecified atom stereocenters. The second kappa shape index (κ2) is 24.2. The van der Waals surface area contributed by atoms with E-state index < -0.39 is 0 Å². The van der Waals surface area contributed by atoms with Crippen molar-refractivity contribution >= 4 is 6.47 Å². The highest BCUT2D eigenvalue weighted by atomic mass is 16.3. The molecule has 0 aliphatic rings. The van der Waals surface area contributed by atoms with Crippen LogP contribution in [0.4, 0.5) is 0 Å². The number of rotatable bonds is 0. The zero-order valence-electron chi connectivity index (χ0n) is 1.43. The molecule has 0 heterocycles. The third kappa shape index (κ3) is 1.16. The molecule has 0 spiro atoms. The van der Waals surface area contributed by atoms with Gasteiger partial charge in [0.05, 0.1) is 0 Å². The molecule has 0 radical (unpaired) electrons. The lowest BCUT2D eigenvalue weighted by atomic mass is 9.03. The highest BCUT2D eigenvalue weighted by Crippen LogP contribution is 0.966. The van der Waals surface area contributed by atoms with Gasteiger partial charge in [-0.3, -0.25) is 4.79 Å². The van der Waals surface area contributed by atoms with Crippen LogP contribution in [0.15, 0.2) is 0 Å². The maximum absolute atomic E-state index is 8.36. The normalized spacial score (nSPS) is 3.00. The van der Waals surface area contributed by atoms with E-state index in [9.17, 15) is 0 Å². The first-order valence-electron chi connectivity index (χ1n) is 0.494. The van der Waals surface area contributed by atoms with E-state index in [4.69, 9.17) is 9.90 Å². The Hall–Kier alpha value is -0.530. The van der Waals surface area contributed by atoms with Gasteiger partial charge in [0.15, 0.2) is 0 Å². The van der Waals surface area contributed by atoms with E-state index >= 15 is 0 Å². The summed E-state index contributed by atoms with van der Waals surface area (Å²) in [5.41, 5.74) is 0. The highest BCUT2D eigenvalue weighted by Gasteiger charge is 1.22. The van der Waals surface area contributed by atoms with Crippen molar-refractivity contribution < 1.29 is 9.90 Å². The minimum absolute atomic E-state index is 0. The van der Waals surface area contributed by atoms with Gasteiger partial charge in [-0.2, -0.15) is 0 Å². The largest absolute Gasteiger partial charge is 0.483 e. The van der Waals surface area contributed by atoms with Gasteiger partial charge < -0.3 is 5.11 Å². The van der Waals surface area contributed by atoms with Crippen LogP contribution in [0, 0.1) is 0 Å². The molecule has 0 saturated carbocycles. The molecule has 0 rings (SSSR count). The van der Waals surface area contributed by atoms with Gasteiger partial charge in [-0.25, -0.2) is 0 Å². The van der Waals surface area contributed by atoms with Gasteiger partial charge in [-0.1, -0.05) is 7.43 Å². The molecule has 0 aromatic heterocycles. The fourth-order valence-electron chi connectivity index (χ4n) is 0. The second-order valence-corrected chi connectivity index (χ2v) is 0.105. The lowest BCUT2D eigenvalue weighted by Crippen LogP contribution is -1.49. The molecule has 0 aliphatic carbocycles. The van der Waals surface area contributed by atoms with E-state index in [0.29, 0.717) is 0 Å². The van der Waals surface area contributed by atoms with Crippen molar-refractivity contribution in [1.82, 2.24) is 0 Å². The van der Waals surface area contributed by atoms with Crippen molar-refractivity contribution in [2.45, 2.75) is 7.43 Å². The number of carbonyl (C=O) groups is 1. The summed E-state index contributed by atoms with van der Waals surface area (Å²) in [6.45, 7) is -0.250. The maximum Gasteiger partial charge on any atom is 0.290 e. The van der Waals surface area contributed by atoms with E-state index in [-0.39, 0.29) is 13.9 Å². The molecule has 0 fully saturated rings. The summed E-state index contributed by atoms with van der Waals surface area (Å²) < 4.78 is 0. The van der Waals surface area contributed by atoms with Crippen LogP contribution in [0.2, 0.25) is 0 Å². The van der Waals surface area contributed by atoms with Gasteiger partial charge in [0.2, 0.25) is 0 Å². The van der Waals surface area contributed by atoms with Crippen LogP contribution < -0.4 is 0 Å². The zero-order valence-corrected chi connectivity index (χ0v) is 1.43. The van der Waals surface area contributed by atoms with E-state index in [2.05, 4.69) is 0 Å². The van der Waals surface area contributed by atoms with Crippen molar-refractivity contribution in [2.75, 3.05) is 0 Å². The summed E-state index contributed by atoms with van der Waals surface area (Å²) >= 11 is 0. The van der Waals surface area contributed by atoms with Crippen LogP contribution in [-0.2, 0) is 4.79 Å². The van der Waals surface area contributed by atoms with Gasteiger partial charge in [-0.15, -0.1) is 0 Å². The summed E-state index contributed by atoms with van der Waals surface area (Å²) in [5, 5.41) is 6.89. The topological polar surface area (TPSA) is 37.3 Å². The van der Waals surface area contributed by atoms with Crippen LogP contribution in [0.5, 0.6) is 0 Å². The molecular formula is C2H6O2. The lowest BCUT2D eigenvalue weighted by Gasteiger charge is -1.34. The van der Waals surface area contributed by atoms with Gasteiger partial charge in [0, 0.05) is 0 Å². The van der Waals surface area contributed by atoms with Crippen molar-refractivity contribution in [3.05, 3.63) is 0 Å². The first-order chi connectivity index (χ1) is 1.41. The van der Waals surface area contributed by atoms with Crippen molar-refractivity contribution in [2.24, 2.45) is 0 Å². The number of carboxylic acid groups (broad SMARTS) is 1. The highest BCUT2D eigenvalue weighted by molar-refractivity contribution is 5.32. The van der Waals surface area contributed by atoms with Gasteiger partial charge in [0.25, 0.3) is 6.47 Å². The monoisotopic (exact) mass is 59.1 g/mol. The molecule has 0 aromatic rings. The molecule has 0 atom stereocenters. The van der Waals surface area contributed by atoms with E-state index in [0.717, 1.165) is 0 Å². The van der Waals surface area contributed by atoms with E-state index in [1.165, 1.54) is 0 Å². The predicted octanol–water partition coefficient (Wildman–Crippen LogP) is 0.337. The number of hydrogen-bond acceptors (Lipinski definition) is 1. The molecule has 0 bridgehead atoms. The molecule has 0 saturated heterocycles. The minimum atomic E-state index is -0.250. The first kappa shape index (κ1) is 9.80. The molecule has 2 nitrogen and oxygen atoms in total. The number of hydrogen-bond donors (Lipinski definition) is 1. The molecular weight excluding hydrogens is 53.0 g/mol. The van der Waals surface area contributed by atoms with Crippen molar-refractivity contribution in [1.29, 1.82) is 0 Å². The van der Waals surface area contributed by atoms with Crippen LogP contribution in [0.3, 0.4) is 0 Å². The second-order valence-electron chi connectivity index (χ2n) is 0.105. The van der Waals surface area contributed by atoms with Gasteiger partial charge in [0.1, 0.15) is 0 Å². The summed E-state index contributed by atoms with van der Waals surface area (Å²) in [7, 11) is 0. The maximum atomic E-state index is 8.36. The van der Waals surface area contributed by atoms with Crippen molar-refractivity contribution in [3.8, 4) is 0 Å². The fraction of sp³-hybridized carbons (Fsp3) is 0.500. The van der Waals surface area contributed by atoms with Crippen molar-refractivity contribution in [3.63, 3.8) is 0 Å². The molecule has 2 heteroatoms. The Balaban J connectivity index is 0. The standard InChI is InChI=1S/CH2O2.CH4/c2-1-3;/h1H,(H,2,3);1H4/i;1-3. The summed E-state index contributed by atoms with van der Waals surface area (Å²) in [5.74, 6) is 0. The van der Waals surface area contributed by atoms with Gasteiger partial charge >= 0.3 is 0 Å². The quantitative estimate of drug-likeness (QED) is 0.408. The molecule has 0 aromatic carbocycles. The van der Waals surface area contributed by atoms with Crippen LogP contribution in [0.25, 0.3) is 0 Å². The Kier molecular flexibility index (Phi) is 59.2. The summed E-state index contributed by atoms with van der Waals surface area (Å²) in [6.07, 6.45) is 0. The smallest absolute Gasteiger partial charge is 0.290 e. The average molecular weight is 59.1 g/mol. The molecule has 4 heavy (non-hydrogen) atoms. The predicted molar refractivity (Wildman–Crippen MR) is 15.4 cm³/mol. The Morgan fingerprint density at radius 2 is 1.75 bits per heavy atom. The Morgan fingerprint density at radius 1 is 1.75 bits per heavy atom. The van der Waals surface area contributed by atoms with Crippen LogP contribution >= 0.6 is 0 Å². The van der Waals surface area contributed by atoms with Crippen LogP contribution in [-0.4, -0.2) is 11.6 Å². The minimum Gasteiger partial charge on any atom is -0.483 e. The van der Waals surface area contributed by atoms with E-state index in [1.807, 2.05) is 0 Å². The Morgan fingerprint density at radius 3 is 1.75 bits per heavy atom. The Bertz CT molecular complexity index is 11.5. The molecule has 0 amide bonds.